The molecule has 6 heteroatoms. The lowest BCUT2D eigenvalue weighted by Crippen LogP contribution is -2.35. The summed E-state index contributed by atoms with van der Waals surface area (Å²) in [5.74, 6) is 1.21. The van der Waals surface area contributed by atoms with Crippen molar-refractivity contribution >= 4 is 27.7 Å². The van der Waals surface area contributed by atoms with Crippen molar-refractivity contribution in [2.24, 2.45) is 5.92 Å². The summed E-state index contributed by atoms with van der Waals surface area (Å²) in [5, 5.41) is 10.5. The molecule has 2 N–H and O–H groups in total. The number of nitrogens with zero attached hydrogens (tertiary/aromatic N) is 2. The molecular formula is C12H17BrN4O. The van der Waals surface area contributed by atoms with Gasteiger partial charge in [-0.2, -0.15) is 5.10 Å². The summed E-state index contributed by atoms with van der Waals surface area (Å²) >= 11 is 3.44. The summed E-state index contributed by atoms with van der Waals surface area (Å²) in [6.07, 6.45) is 5.21. The third-order valence-electron chi connectivity index (χ3n) is 3.52. The minimum atomic E-state index is -0.0852. The Morgan fingerprint density at radius 3 is 3.00 bits per heavy atom. The molecule has 1 unspecified atom stereocenters. The number of anilines is 1. The summed E-state index contributed by atoms with van der Waals surface area (Å²) in [5.41, 5.74) is 0. The number of halogens is 1. The average molecular weight is 313 g/mol. The number of hydrogen-bond acceptors (Lipinski definition) is 3. The molecule has 1 saturated heterocycles. The predicted molar refractivity (Wildman–Crippen MR) is 72.4 cm³/mol. The van der Waals surface area contributed by atoms with Crippen LogP contribution < -0.4 is 10.6 Å². The van der Waals surface area contributed by atoms with Crippen LogP contribution in [0.3, 0.4) is 0 Å². The van der Waals surface area contributed by atoms with Crippen LogP contribution in [0.1, 0.15) is 32.2 Å². The van der Waals surface area contributed by atoms with Crippen molar-refractivity contribution in [2.75, 3.05) is 11.9 Å². The molecule has 5 nitrogen and oxygen atoms in total. The van der Waals surface area contributed by atoms with Gasteiger partial charge in [0.25, 0.3) is 0 Å². The first kappa shape index (κ1) is 12.2. The zero-order valence-corrected chi connectivity index (χ0v) is 11.9. The van der Waals surface area contributed by atoms with Crippen LogP contribution in [-0.2, 0) is 4.79 Å². The van der Waals surface area contributed by atoms with Gasteiger partial charge in [0.05, 0.1) is 16.6 Å². The lowest BCUT2D eigenvalue weighted by atomic mass is 10.1. The molecule has 1 aliphatic heterocycles. The summed E-state index contributed by atoms with van der Waals surface area (Å²) in [6, 6.07) is 0.439. The molecule has 1 aromatic rings. The monoisotopic (exact) mass is 312 g/mol. The van der Waals surface area contributed by atoms with Gasteiger partial charge in [-0.05, 0) is 47.7 Å². The van der Waals surface area contributed by atoms with Crippen molar-refractivity contribution in [3.8, 4) is 0 Å². The van der Waals surface area contributed by atoms with Gasteiger partial charge in [-0.25, -0.2) is 0 Å². The van der Waals surface area contributed by atoms with Crippen LogP contribution in [0.2, 0.25) is 0 Å². The number of amides is 1. The van der Waals surface area contributed by atoms with Gasteiger partial charge in [-0.15, -0.1) is 0 Å². The highest BCUT2D eigenvalue weighted by atomic mass is 79.9. The van der Waals surface area contributed by atoms with Crippen LogP contribution in [-0.4, -0.2) is 28.3 Å². The quantitative estimate of drug-likeness (QED) is 0.896. The van der Waals surface area contributed by atoms with E-state index < -0.39 is 0 Å². The Balaban J connectivity index is 1.66. The zero-order valence-electron chi connectivity index (χ0n) is 10.3. The molecule has 1 saturated carbocycles. The first-order valence-corrected chi connectivity index (χ1v) is 7.21. The van der Waals surface area contributed by atoms with E-state index in [9.17, 15) is 4.79 Å². The van der Waals surface area contributed by atoms with E-state index in [1.165, 1.54) is 12.8 Å². The van der Waals surface area contributed by atoms with E-state index in [2.05, 4.69) is 38.6 Å². The maximum Gasteiger partial charge on any atom is 0.242 e. The van der Waals surface area contributed by atoms with Crippen molar-refractivity contribution in [1.82, 2.24) is 15.1 Å². The van der Waals surface area contributed by atoms with Gasteiger partial charge in [-0.1, -0.05) is 6.92 Å². The van der Waals surface area contributed by atoms with Crippen molar-refractivity contribution in [2.45, 2.75) is 38.3 Å². The fourth-order valence-corrected chi connectivity index (χ4v) is 2.68. The number of carbonyl (C=O) groups is 1. The van der Waals surface area contributed by atoms with Gasteiger partial charge in [0.15, 0.2) is 5.82 Å². The second-order valence-electron chi connectivity index (χ2n) is 5.33. The molecule has 2 atom stereocenters. The molecule has 2 fully saturated rings. The molecule has 3 rings (SSSR count). The van der Waals surface area contributed by atoms with E-state index in [4.69, 9.17) is 0 Å². The molecular weight excluding hydrogens is 296 g/mol. The fraction of sp³-hybridized carbons (Fsp3) is 0.667. The first-order valence-electron chi connectivity index (χ1n) is 6.42. The second-order valence-corrected chi connectivity index (χ2v) is 6.18. The van der Waals surface area contributed by atoms with Crippen LogP contribution in [0.15, 0.2) is 10.7 Å². The smallest absolute Gasteiger partial charge is 0.242 e. The van der Waals surface area contributed by atoms with Crippen molar-refractivity contribution in [3.05, 3.63) is 10.7 Å². The Kier molecular flexibility index (Phi) is 3.15. The van der Waals surface area contributed by atoms with Crippen LogP contribution in [0.25, 0.3) is 0 Å². The fourth-order valence-electron chi connectivity index (χ4n) is 2.30. The van der Waals surface area contributed by atoms with E-state index in [1.54, 1.807) is 0 Å². The number of hydrogen-bond donors (Lipinski definition) is 2. The molecule has 0 aromatic carbocycles. The molecule has 1 amide bonds. The van der Waals surface area contributed by atoms with Crippen LogP contribution >= 0.6 is 15.9 Å². The van der Waals surface area contributed by atoms with Gasteiger partial charge < -0.3 is 10.6 Å². The third-order valence-corrected chi connectivity index (χ3v) is 4.10. The Morgan fingerprint density at radius 1 is 1.61 bits per heavy atom. The molecule has 0 radical (unpaired) electrons. The van der Waals surface area contributed by atoms with Crippen molar-refractivity contribution in [3.63, 3.8) is 0 Å². The van der Waals surface area contributed by atoms with Crippen LogP contribution in [0, 0.1) is 5.92 Å². The topological polar surface area (TPSA) is 59.0 Å². The second kappa shape index (κ2) is 4.66. The lowest BCUT2D eigenvalue weighted by Gasteiger charge is -2.09. The van der Waals surface area contributed by atoms with Crippen molar-refractivity contribution in [1.29, 1.82) is 0 Å². The molecule has 2 heterocycles. The van der Waals surface area contributed by atoms with E-state index in [-0.39, 0.29) is 11.9 Å². The predicted octanol–water partition coefficient (Wildman–Crippen LogP) is 1.92. The maximum atomic E-state index is 12.1. The van der Waals surface area contributed by atoms with Crippen LogP contribution in [0.4, 0.5) is 5.82 Å². The molecule has 1 aliphatic carbocycles. The summed E-state index contributed by atoms with van der Waals surface area (Å²) in [7, 11) is 0. The Bertz CT molecular complexity index is 469. The minimum Gasteiger partial charge on any atom is -0.307 e. The van der Waals surface area contributed by atoms with Gasteiger partial charge in [0.2, 0.25) is 5.91 Å². The third kappa shape index (κ3) is 2.44. The van der Waals surface area contributed by atoms with Gasteiger partial charge in [0.1, 0.15) is 0 Å². The highest BCUT2D eigenvalue weighted by molar-refractivity contribution is 9.10. The zero-order chi connectivity index (χ0) is 12.7. The largest absolute Gasteiger partial charge is 0.307 e. The van der Waals surface area contributed by atoms with E-state index in [0.717, 1.165) is 17.4 Å². The van der Waals surface area contributed by atoms with Gasteiger partial charge in [-0.3, -0.25) is 9.48 Å². The highest BCUT2D eigenvalue weighted by Crippen LogP contribution is 2.36. The normalized spacial score (nSPS) is 27.4. The van der Waals surface area contributed by atoms with E-state index >= 15 is 0 Å². The SMILES string of the molecule is CC1CN[C@H](C(=O)Nc2nn(C3CC3)cc2Br)C1. The number of aromatic nitrogens is 2. The van der Waals surface area contributed by atoms with E-state index in [0.29, 0.717) is 17.8 Å². The maximum absolute atomic E-state index is 12.1. The van der Waals surface area contributed by atoms with E-state index in [1.807, 2.05) is 10.9 Å². The standard InChI is InChI=1S/C12H17BrN4O/c1-7-4-10(14-5-7)12(18)15-11-9(13)6-17(16-11)8-2-3-8/h6-8,10,14H,2-5H2,1H3,(H,15,16,18)/t7?,10-/m0/s1. The Morgan fingerprint density at radius 2 is 2.39 bits per heavy atom. The van der Waals surface area contributed by atoms with Crippen molar-refractivity contribution < 1.29 is 4.79 Å². The summed E-state index contributed by atoms with van der Waals surface area (Å²) < 4.78 is 2.79. The number of nitrogens with one attached hydrogen (secondary N) is 2. The van der Waals surface area contributed by atoms with Crippen LogP contribution in [0.5, 0.6) is 0 Å². The summed E-state index contributed by atoms with van der Waals surface area (Å²) in [4.78, 5) is 12.1. The highest BCUT2D eigenvalue weighted by Gasteiger charge is 2.29. The lowest BCUT2D eigenvalue weighted by molar-refractivity contribution is -0.117. The molecule has 1 aromatic heterocycles. The molecule has 98 valence electrons. The molecule has 0 spiro atoms. The Hall–Kier alpha value is -0.880. The van der Waals surface area contributed by atoms with Gasteiger partial charge in [0, 0.05) is 6.20 Å². The van der Waals surface area contributed by atoms with Gasteiger partial charge >= 0.3 is 0 Å². The summed E-state index contributed by atoms with van der Waals surface area (Å²) in [6.45, 7) is 3.06. The minimum absolute atomic E-state index is 0.0149. The number of carbonyl (C=O) groups excluding carboxylic acids is 1. The first-order chi connectivity index (χ1) is 8.63. The molecule has 2 aliphatic rings. The molecule has 18 heavy (non-hydrogen) atoms. The molecule has 0 bridgehead atoms. The Labute approximate surface area is 114 Å². The number of rotatable bonds is 3. The average Bonchev–Trinajstić information content (AvgIpc) is 3.00.